The van der Waals surface area contributed by atoms with Crippen LogP contribution in [0.25, 0.3) is 44.2 Å². The Hall–Kier alpha value is -7.51. The first-order valence-corrected chi connectivity index (χ1v) is 19.2. The van der Waals surface area contributed by atoms with Crippen LogP contribution in [0.5, 0.6) is 0 Å². The standard InChI is InChI=1S/C51H33F2N5/c1-31-12-10-11-27-58-45-30-36(21-25-41(45)42-26-19-32-13-8-9-18-38(32)46(42)50(58)54-31)35-20-23-39-40-24-22-37(29-44(40)51(52,53)43(39)28-35)49-56-47(33-14-4-2-5-15-33)55-48(57-49)34-16-6-3-7-17-34/h2-30,49H,1H2,(H,55,56,57)/b12-10-,27-11-,54-50-. The van der Waals surface area contributed by atoms with E-state index in [4.69, 9.17) is 15.0 Å². The van der Waals surface area contributed by atoms with Crippen LogP contribution in [-0.2, 0) is 5.92 Å². The lowest BCUT2D eigenvalue weighted by molar-refractivity contribution is 0.0479. The van der Waals surface area contributed by atoms with Crippen LogP contribution in [0.4, 0.5) is 14.5 Å². The number of hydrogen-bond donors (Lipinski definition) is 1. The zero-order chi connectivity index (χ0) is 39.0. The summed E-state index contributed by atoms with van der Waals surface area (Å²) in [5.41, 5.74) is 9.55. The van der Waals surface area contributed by atoms with E-state index in [1.165, 1.54) is 0 Å². The fraction of sp³-hybridized carbons (Fsp3) is 0.0392. The summed E-state index contributed by atoms with van der Waals surface area (Å²) in [6, 6.07) is 49.0. The van der Waals surface area contributed by atoms with E-state index in [1.807, 2.05) is 121 Å². The molecule has 5 nitrogen and oxygen atoms in total. The molecule has 0 amide bonds. The quantitative estimate of drug-likeness (QED) is 0.195. The summed E-state index contributed by atoms with van der Waals surface area (Å²) in [7, 11) is 0. The molecule has 0 aromatic heterocycles. The number of alkyl halides is 2. The van der Waals surface area contributed by atoms with Gasteiger partial charge in [0.2, 0.25) is 0 Å². The topological polar surface area (TPSA) is 52.4 Å². The first-order valence-electron chi connectivity index (χ1n) is 19.2. The molecule has 4 aliphatic rings. The van der Waals surface area contributed by atoms with Crippen molar-refractivity contribution in [2.24, 2.45) is 15.0 Å². The highest BCUT2D eigenvalue weighted by atomic mass is 19.3. The molecule has 7 aromatic carbocycles. The summed E-state index contributed by atoms with van der Waals surface area (Å²) in [5, 5.41) is 5.63. The molecular weight excluding hydrogens is 721 g/mol. The van der Waals surface area contributed by atoms with E-state index in [-0.39, 0.29) is 11.1 Å². The smallest absolute Gasteiger partial charge is 0.299 e. The summed E-state index contributed by atoms with van der Waals surface area (Å²) in [5.74, 6) is -1.30. The summed E-state index contributed by atoms with van der Waals surface area (Å²) in [6.07, 6.45) is 7.16. The Labute approximate surface area is 334 Å². The van der Waals surface area contributed by atoms with Crippen LogP contribution in [0.2, 0.25) is 0 Å². The van der Waals surface area contributed by atoms with Gasteiger partial charge in [-0.25, -0.2) is 15.0 Å². The van der Waals surface area contributed by atoms with Gasteiger partial charge in [0.15, 0.2) is 5.84 Å². The molecule has 1 aliphatic carbocycles. The average Bonchev–Trinajstić information content (AvgIpc) is 3.49. The Balaban J connectivity index is 0.979. The number of nitrogens with one attached hydrogen (secondary N) is 1. The molecule has 0 fully saturated rings. The van der Waals surface area contributed by atoms with Crippen LogP contribution in [0.3, 0.4) is 0 Å². The Morgan fingerprint density at radius 1 is 0.603 bits per heavy atom. The highest BCUT2D eigenvalue weighted by molar-refractivity contribution is 6.26. The van der Waals surface area contributed by atoms with Gasteiger partial charge < -0.3 is 10.2 Å². The minimum Gasteiger partial charge on any atom is -0.344 e. The molecule has 3 heterocycles. The zero-order valence-corrected chi connectivity index (χ0v) is 31.1. The van der Waals surface area contributed by atoms with Crippen LogP contribution < -0.4 is 10.2 Å². The SMILES string of the molecule is C=C1/C=C\C=C/N2/C(=N\1)c1c(ccc3ccccc13)-c1ccc(-c3ccc4c(c3)C(F)(F)c3cc(C5N=C(c6ccccc6)N=C(c6ccccc6)N5)ccc3-4)cc12. The van der Waals surface area contributed by atoms with Crippen molar-refractivity contribution in [3.63, 3.8) is 0 Å². The molecule has 3 aliphatic heterocycles. The fourth-order valence-electron chi connectivity index (χ4n) is 8.52. The Bertz CT molecular complexity index is 3030. The highest BCUT2D eigenvalue weighted by Gasteiger charge is 2.45. The maximum Gasteiger partial charge on any atom is 0.299 e. The van der Waals surface area contributed by atoms with E-state index < -0.39 is 12.1 Å². The second-order valence-electron chi connectivity index (χ2n) is 14.8. The molecule has 276 valence electrons. The number of rotatable bonds is 4. The summed E-state index contributed by atoms with van der Waals surface area (Å²) >= 11 is 0. The first kappa shape index (κ1) is 33.8. The Morgan fingerprint density at radius 3 is 2.09 bits per heavy atom. The lowest BCUT2D eigenvalue weighted by atomic mass is 9.87. The van der Waals surface area contributed by atoms with Crippen LogP contribution in [0.15, 0.2) is 203 Å². The van der Waals surface area contributed by atoms with Gasteiger partial charge in [-0.3, -0.25) is 0 Å². The zero-order valence-electron chi connectivity index (χ0n) is 31.1. The predicted octanol–water partition coefficient (Wildman–Crippen LogP) is 12.0. The molecule has 7 aromatic rings. The molecule has 1 N–H and O–H groups in total. The van der Waals surface area contributed by atoms with Gasteiger partial charge in [0, 0.05) is 39.6 Å². The normalized spacial score (nSPS) is 19.1. The summed E-state index contributed by atoms with van der Waals surface area (Å²) < 4.78 is 33.7. The van der Waals surface area contributed by atoms with Gasteiger partial charge in [0.25, 0.3) is 5.92 Å². The molecule has 0 spiro atoms. The number of aliphatic imine (C=N–C) groups is 3. The van der Waals surface area contributed by atoms with Crippen molar-refractivity contribution in [3.05, 3.63) is 222 Å². The Morgan fingerprint density at radius 2 is 1.28 bits per heavy atom. The number of benzene rings is 7. The molecule has 11 rings (SSSR count). The van der Waals surface area contributed by atoms with Crippen molar-refractivity contribution in [3.8, 4) is 33.4 Å². The molecule has 0 saturated carbocycles. The maximum absolute atomic E-state index is 16.8. The number of anilines is 1. The van der Waals surface area contributed by atoms with Crippen molar-refractivity contribution in [1.29, 1.82) is 0 Å². The van der Waals surface area contributed by atoms with E-state index in [0.29, 0.717) is 39.6 Å². The largest absolute Gasteiger partial charge is 0.344 e. The fourth-order valence-corrected chi connectivity index (χ4v) is 8.52. The van der Waals surface area contributed by atoms with E-state index in [0.717, 1.165) is 55.7 Å². The van der Waals surface area contributed by atoms with Gasteiger partial charge in [-0.2, -0.15) is 8.78 Å². The van der Waals surface area contributed by atoms with Crippen molar-refractivity contribution in [2.45, 2.75) is 12.1 Å². The van der Waals surface area contributed by atoms with Gasteiger partial charge in [-0.1, -0.05) is 146 Å². The number of fused-ring (bicyclic) bond motifs is 11. The highest BCUT2D eigenvalue weighted by Crippen LogP contribution is 2.53. The minimum atomic E-state index is -3.24. The third-order valence-corrected chi connectivity index (χ3v) is 11.3. The second kappa shape index (κ2) is 13.0. The van der Waals surface area contributed by atoms with Gasteiger partial charge in [-0.05, 0) is 74.5 Å². The third-order valence-electron chi connectivity index (χ3n) is 11.3. The minimum absolute atomic E-state index is 0.0156. The van der Waals surface area contributed by atoms with E-state index >= 15 is 8.78 Å². The lowest BCUT2D eigenvalue weighted by Gasteiger charge is -2.33. The van der Waals surface area contributed by atoms with Crippen LogP contribution in [-0.4, -0.2) is 17.5 Å². The number of nitrogens with zero attached hydrogens (tertiary/aromatic N) is 4. The monoisotopic (exact) mass is 753 g/mol. The molecule has 1 atom stereocenters. The second-order valence-corrected chi connectivity index (χ2v) is 14.8. The first-order chi connectivity index (χ1) is 28.4. The number of hydrogen-bond acceptors (Lipinski definition) is 5. The predicted molar refractivity (Wildman–Crippen MR) is 232 cm³/mol. The van der Waals surface area contributed by atoms with Gasteiger partial charge in [0.05, 0.1) is 11.4 Å². The summed E-state index contributed by atoms with van der Waals surface area (Å²) in [6.45, 7) is 4.19. The van der Waals surface area contributed by atoms with Crippen LogP contribution in [0, 0.1) is 0 Å². The molecule has 1 unspecified atom stereocenters. The van der Waals surface area contributed by atoms with Crippen molar-refractivity contribution < 1.29 is 8.78 Å². The molecular formula is C51H33F2N5. The third kappa shape index (κ3) is 5.39. The molecule has 58 heavy (non-hydrogen) atoms. The van der Waals surface area contributed by atoms with Crippen LogP contribution >= 0.6 is 0 Å². The maximum atomic E-state index is 16.8. The van der Waals surface area contributed by atoms with E-state index in [2.05, 4.69) is 53.2 Å². The number of allylic oxidation sites excluding steroid dienone is 3. The van der Waals surface area contributed by atoms with Crippen molar-refractivity contribution >= 4 is 34.0 Å². The number of amidine groups is 3. The average molecular weight is 754 g/mol. The molecule has 0 saturated heterocycles. The molecule has 0 radical (unpaired) electrons. The van der Waals surface area contributed by atoms with Crippen LogP contribution in [0.1, 0.15) is 39.5 Å². The van der Waals surface area contributed by atoms with Crippen molar-refractivity contribution in [1.82, 2.24) is 5.32 Å². The number of halogens is 2. The van der Waals surface area contributed by atoms with Gasteiger partial charge in [-0.15, -0.1) is 0 Å². The van der Waals surface area contributed by atoms with E-state index in [9.17, 15) is 0 Å². The summed E-state index contributed by atoms with van der Waals surface area (Å²) in [4.78, 5) is 16.9. The van der Waals surface area contributed by atoms with Gasteiger partial charge >= 0.3 is 0 Å². The Kier molecular flexibility index (Phi) is 7.59. The molecule has 0 bridgehead atoms. The molecule has 7 heteroatoms. The van der Waals surface area contributed by atoms with Crippen molar-refractivity contribution in [2.75, 3.05) is 4.90 Å². The van der Waals surface area contributed by atoms with Gasteiger partial charge in [0.1, 0.15) is 17.8 Å². The lowest BCUT2D eigenvalue weighted by Crippen LogP contribution is -2.33. The van der Waals surface area contributed by atoms with E-state index in [1.54, 1.807) is 18.2 Å².